The minimum absolute atomic E-state index is 0.0208. The predicted octanol–water partition coefficient (Wildman–Crippen LogP) is -0.426. The highest BCUT2D eigenvalue weighted by molar-refractivity contribution is 5.87. The Bertz CT molecular complexity index is 517. The van der Waals surface area contributed by atoms with Crippen LogP contribution in [0.4, 0.5) is 0 Å². The number of phenolic OH excluding ortho intramolecular Hbond substituents is 1. The number of amides is 1. The SMILES string of the molecule is NC(Cc1ccc(O)cc1)C(=O)N1CCOCC1C(=O)O. The van der Waals surface area contributed by atoms with Crippen molar-refractivity contribution in [2.24, 2.45) is 5.73 Å². The number of nitrogens with two attached hydrogens (primary N) is 1. The molecule has 1 saturated heterocycles. The number of benzene rings is 1. The van der Waals surface area contributed by atoms with Crippen molar-refractivity contribution in [1.29, 1.82) is 0 Å². The standard InChI is InChI=1S/C14H18N2O5/c15-11(7-9-1-3-10(17)4-2-9)13(18)16-5-6-21-8-12(16)14(19)20/h1-4,11-12,17H,5-8,15H2,(H,19,20). The van der Waals surface area contributed by atoms with Crippen LogP contribution in [0.1, 0.15) is 5.56 Å². The van der Waals surface area contributed by atoms with Gasteiger partial charge >= 0.3 is 5.97 Å². The molecule has 0 aliphatic carbocycles. The summed E-state index contributed by atoms with van der Waals surface area (Å²) >= 11 is 0. The van der Waals surface area contributed by atoms with Gasteiger partial charge in [-0.05, 0) is 24.1 Å². The fourth-order valence-corrected chi connectivity index (χ4v) is 2.26. The number of hydrogen-bond donors (Lipinski definition) is 3. The molecule has 0 spiro atoms. The molecule has 2 atom stereocenters. The number of aromatic hydroxyl groups is 1. The molecule has 114 valence electrons. The number of carboxylic acid groups (broad SMARTS) is 1. The second-order valence-corrected chi connectivity index (χ2v) is 4.94. The van der Waals surface area contributed by atoms with E-state index in [9.17, 15) is 14.7 Å². The van der Waals surface area contributed by atoms with E-state index in [0.29, 0.717) is 6.61 Å². The molecule has 0 aromatic heterocycles. The lowest BCUT2D eigenvalue weighted by Crippen LogP contribution is -2.57. The van der Waals surface area contributed by atoms with Crippen LogP contribution in [0.2, 0.25) is 0 Å². The Labute approximate surface area is 121 Å². The zero-order valence-electron chi connectivity index (χ0n) is 11.4. The fourth-order valence-electron chi connectivity index (χ4n) is 2.26. The molecule has 2 unspecified atom stereocenters. The first kappa shape index (κ1) is 15.3. The molecule has 21 heavy (non-hydrogen) atoms. The van der Waals surface area contributed by atoms with Crippen molar-refractivity contribution in [3.05, 3.63) is 29.8 Å². The minimum Gasteiger partial charge on any atom is -0.508 e. The molecular weight excluding hydrogens is 276 g/mol. The summed E-state index contributed by atoms with van der Waals surface area (Å²) in [6.07, 6.45) is 0.281. The zero-order valence-corrected chi connectivity index (χ0v) is 11.4. The molecule has 1 fully saturated rings. The fraction of sp³-hybridized carbons (Fsp3) is 0.429. The van der Waals surface area contributed by atoms with Gasteiger partial charge in [-0.3, -0.25) is 4.79 Å². The van der Waals surface area contributed by atoms with Gasteiger partial charge in [0.1, 0.15) is 5.75 Å². The molecule has 0 bridgehead atoms. The molecule has 1 aromatic rings. The average Bonchev–Trinajstić information content (AvgIpc) is 2.48. The molecule has 1 heterocycles. The first-order chi connectivity index (χ1) is 9.99. The van der Waals surface area contributed by atoms with Gasteiger partial charge in [0.15, 0.2) is 6.04 Å². The van der Waals surface area contributed by atoms with E-state index < -0.39 is 24.0 Å². The molecular formula is C14H18N2O5. The van der Waals surface area contributed by atoms with E-state index in [1.54, 1.807) is 12.1 Å². The molecule has 7 heteroatoms. The summed E-state index contributed by atoms with van der Waals surface area (Å²) in [6.45, 7) is 0.507. The third kappa shape index (κ3) is 3.71. The van der Waals surface area contributed by atoms with Crippen molar-refractivity contribution in [2.45, 2.75) is 18.5 Å². The van der Waals surface area contributed by atoms with Crippen molar-refractivity contribution in [2.75, 3.05) is 19.8 Å². The van der Waals surface area contributed by atoms with E-state index in [-0.39, 0.29) is 25.3 Å². The Hall–Kier alpha value is -2.12. The highest BCUT2D eigenvalue weighted by Gasteiger charge is 2.34. The number of carbonyl (C=O) groups is 2. The van der Waals surface area contributed by atoms with Crippen molar-refractivity contribution in [3.8, 4) is 5.75 Å². The zero-order chi connectivity index (χ0) is 15.4. The number of nitrogens with zero attached hydrogens (tertiary/aromatic N) is 1. The summed E-state index contributed by atoms with van der Waals surface area (Å²) in [5.41, 5.74) is 6.69. The second kappa shape index (κ2) is 6.55. The van der Waals surface area contributed by atoms with Gasteiger partial charge in [-0.2, -0.15) is 0 Å². The molecule has 7 nitrogen and oxygen atoms in total. The maximum atomic E-state index is 12.3. The van der Waals surface area contributed by atoms with Crippen LogP contribution >= 0.6 is 0 Å². The summed E-state index contributed by atoms with van der Waals surface area (Å²) in [5.74, 6) is -1.36. The lowest BCUT2D eigenvalue weighted by atomic mass is 10.0. The normalized spacial score (nSPS) is 20.0. The van der Waals surface area contributed by atoms with E-state index in [1.807, 2.05) is 0 Å². The monoisotopic (exact) mass is 294 g/mol. The molecule has 0 saturated carbocycles. The van der Waals surface area contributed by atoms with Crippen LogP contribution < -0.4 is 5.73 Å². The lowest BCUT2D eigenvalue weighted by molar-refractivity contribution is -0.158. The van der Waals surface area contributed by atoms with E-state index in [1.165, 1.54) is 17.0 Å². The van der Waals surface area contributed by atoms with Gasteiger partial charge in [0, 0.05) is 6.54 Å². The number of carbonyl (C=O) groups excluding carboxylic acids is 1. The van der Waals surface area contributed by atoms with E-state index in [4.69, 9.17) is 15.6 Å². The van der Waals surface area contributed by atoms with Gasteiger partial charge in [0.2, 0.25) is 5.91 Å². The smallest absolute Gasteiger partial charge is 0.328 e. The van der Waals surface area contributed by atoms with Crippen LogP contribution in [0.3, 0.4) is 0 Å². The highest BCUT2D eigenvalue weighted by atomic mass is 16.5. The first-order valence-electron chi connectivity index (χ1n) is 6.63. The molecule has 2 rings (SSSR count). The van der Waals surface area contributed by atoms with Gasteiger partial charge in [-0.1, -0.05) is 12.1 Å². The summed E-state index contributed by atoms with van der Waals surface area (Å²) < 4.78 is 5.09. The Morgan fingerprint density at radius 3 is 2.67 bits per heavy atom. The lowest BCUT2D eigenvalue weighted by Gasteiger charge is -2.34. The maximum absolute atomic E-state index is 12.3. The summed E-state index contributed by atoms with van der Waals surface area (Å²) in [4.78, 5) is 24.7. The Morgan fingerprint density at radius 1 is 1.38 bits per heavy atom. The van der Waals surface area contributed by atoms with Crippen LogP contribution in [0.15, 0.2) is 24.3 Å². The van der Waals surface area contributed by atoms with Crippen molar-refractivity contribution >= 4 is 11.9 Å². The van der Waals surface area contributed by atoms with E-state index >= 15 is 0 Å². The summed E-state index contributed by atoms with van der Waals surface area (Å²) in [6, 6.07) is 4.57. The van der Waals surface area contributed by atoms with Crippen molar-refractivity contribution < 1.29 is 24.5 Å². The van der Waals surface area contributed by atoms with E-state index in [0.717, 1.165) is 5.56 Å². The molecule has 1 aliphatic heterocycles. The Balaban J connectivity index is 2.03. The van der Waals surface area contributed by atoms with Crippen LogP contribution in [0, 0.1) is 0 Å². The predicted molar refractivity (Wildman–Crippen MR) is 73.7 cm³/mol. The van der Waals surface area contributed by atoms with Gasteiger partial charge in [0.25, 0.3) is 0 Å². The van der Waals surface area contributed by atoms with Crippen LogP contribution in [0.5, 0.6) is 5.75 Å². The highest BCUT2D eigenvalue weighted by Crippen LogP contribution is 2.14. The Kier molecular flexibility index (Phi) is 4.77. The molecule has 4 N–H and O–H groups in total. The molecule has 1 aliphatic rings. The summed E-state index contributed by atoms with van der Waals surface area (Å²) in [5, 5.41) is 18.3. The topological polar surface area (TPSA) is 113 Å². The van der Waals surface area contributed by atoms with Gasteiger partial charge in [-0.15, -0.1) is 0 Å². The number of morpholine rings is 1. The third-order valence-corrected chi connectivity index (χ3v) is 3.41. The number of ether oxygens (including phenoxy) is 1. The van der Waals surface area contributed by atoms with Crippen molar-refractivity contribution in [3.63, 3.8) is 0 Å². The number of rotatable bonds is 4. The van der Waals surface area contributed by atoms with Crippen LogP contribution in [0.25, 0.3) is 0 Å². The van der Waals surface area contributed by atoms with Crippen LogP contribution in [-0.2, 0) is 20.7 Å². The Morgan fingerprint density at radius 2 is 2.05 bits per heavy atom. The average molecular weight is 294 g/mol. The number of phenols is 1. The van der Waals surface area contributed by atoms with Crippen molar-refractivity contribution in [1.82, 2.24) is 4.90 Å². The third-order valence-electron chi connectivity index (χ3n) is 3.41. The first-order valence-corrected chi connectivity index (χ1v) is 6.63. The molecule has 0 radical (unpaired) electrons. The number of aliphatic carboxylic acids is 1. The number of hydrogen-bond acceptors (Lipinski definition) is 5. The quantitative estimate of drug-likeness (QED) is 0.695. The summed E-state index contributed by atoms with van der Waals surface area (Å²) in [7, 11) is 0. The largest absolute Gasteiger partial charge is 0.508 e. The van der Waals surface area contributed by atoms with Gasteiger partial charge in [-0.25, -0.2) is 4.79 Å². The maximum Gasteiger partial charge on any atom is 0.328 e. The van der Waals surface area contributed by atoms with Gasteiger partial charge < -0.3 is 25.6 Å². The number of carboxylic acids is 1. The van der Waals surface area contributed by atoms with E-state index in [2.05, 4.69) is 0 Å². The van der Waals surface area contributed by atoms with Crippen LogP contribution in [-0.4, -0.2) is 58.8 Å². The second-order valence-electron chi connectivity index (χ2n) is 4.94. The molecule has 1 aromatic carbocycles. The molecule has 1 amide bonds. The minimum atomic E-state index is -1.10. The van der Waals surface area contributed by atoms with Gasteiger partial charge in [0.05, 0.1) is 19.3 Å².